The van der Waals surface area contributed by atoms with Crippen LogP contribution in [-0.4, -0.2) is 21.7 Å². The molecular weight excluding hydrogens is 326 g/mol. The van der Waals surface area contributed by atoms with Crippen LogP contribution in [0.2, 0.25) is 0 Å². The summed E-state index contributed by atoms with van der Waals surface area (Å²) in [6.45, 7) is 4.23. The van der Waals surface area contributed by atoms with Crippen molar-refractivity contribution in [2.75, 3.05) is 11.9 Å². The van der Waals surface area contributed by atoms with E-state index in [2.05, 4.69) is 10.6 Å². The van der Waals surface area contributed by atoms with Gasteiger partial charge in [-0.15, -0.1) is 0 Å². The smallest absolute Gasteiger partial charge is 0.269 e. The zero-order chi connectivity index (χ0) is 17.7. The van der Waals surface area contributed by atoms with E-state index < -0.39 is 11.0 Å². The number of aliphatic hydroxyl groups is 1. The van der Waals surface area contributed by atoms with Crippen molar-refractivity contribution in [3.63, 3.8) is 0 Å². The summed E-state index contributed by atoms with van der Waals surface area (Å²) >= 11 is 5.24. The van der Waals surface area contributed by atoms with E-state index in [1.165, 1.54) is 24.3 Å². The number of aliphatic hydroxyl groups excluding tert-OH is 1. The molecule has 0 radical (unpaired) electrons. The molecule has 0 bridgehead atoms. The Morgan fingerprint density at radius 2 is 1.92 bits per heavy atom. The van der Waals surface area contributed by atoms with Crippen molar-refractivity contribution >= 4 is 28.7 Å². The number of aryl methyl sites for hydroxylation is 1. The average Bonchev–Trinajstić information content (AvgIpc) is 2.57. The molecule has 2 aromatic carbocycles. The second kappa shape index (κ2) is 7.85. The van der Waals surface area contributed by atoms with Crippen molar-refractivity contribution < 1.29 is 10.0 Å². The summed E-state index contributed by atoms with van der Waals surface area (Å²) in [5.74, 6) is 0. The second-order valence-corrected chi connectivity index (χ2v) is 5.86. The molecule has 3 N–H and O–H groups in total. The second-order valence-electron chi connectivity index (χ2n) is 5.45. The van der Waals surface area contributed by atoms with Crippen LogP contribution in [0, 0.1) is 24.0 Å². The molecule has 6 nitrogen and oxygen atoms in total. The molecule has 7 heteroatoms. The molecule has 0 aromatic heterocycles. The Kier molecular flexibility index (Phi) is 5.83. The van der Waals surface area contributed by atoms with Crippen molar-refractivity contribution in [3.8, 4) is 0 Å². The number of hydrogen-bond donors (Lipinski definition) is 3. The number of nitrogens with zero attached hydrogens (tertiary/aromatic N) is 1. The highest BCUT2D eigenvalue weighted by Gasteiger charge is 2.11. The first-order valence-electron chi connectivity index (χ1n) is 7.42. The maximum Gasteiger partial charge on any atom is 0.269 e. The van der Waals surface area contributed by atoms with Gasteiger partial charge in [-0.3, -0.25) is 10.1 Å². The molecule has 0 aliphatic heterocycles. The van der Waals surface area contributed by atoms with Gasteiger partial charge in [0.1, 0.15) is 0 Å². The third-order valence-corrected chi connectivity index (χ3v) is 4.04. The summed E-state index contributed by atoms with van der Waals surface area (Å²) in [5, 5.41) is 27.2. The largest absolute Gasteiger partial charge is 0.387 e. The molecule has 0 amide bonds. The van der Waals surface area contributed by atoms with Gasteiger partial charge in [0.2, 0.25) is 0 Å². The lowest BCUT2D eigenvalue weighted by Gasteiger charge is -2.16. The number of benzene rings is 2. The van der Waals surface area contributed by atoms with Crippen molar-refractivity contribution in [3.05, 3.63) is 69.3 Å². The number of non-ortho nitro benzene ring substituents is 1. The molecule has 0 saturated carbocycles. The summed E-state index contributed by atoms with van der Waals surface area (Å²) < 4.78 is 0. The van der Waals surface area contributed by atoms with Gasteiger partial charge in [0.15, 0.2) is 5.11 Å². The van der Waals surface area contributed by atoms with Crippen LogP contribution < -0.4 is 10.6 Å². The van der Waals surface area contributed by atoms with Gasteiger partial charge in [-0.1, -0.05) is 12.1 Å². The highest BCUT2D eigenvalue weighted by atomic mass is 32.1. The van der Waals surface area contributed by atoms with Crippen LogP contribution in [0.3, 0.4) is 0 Å². The fourth-order valence-electron chi connectivity index (χ4n) is 2.18. The maximum absolute atomic E-state index is 10.6. The molecule has 0 heterocycles. The lowest BCUT2D eigenvalue weighted by molar-refractivity contribution is -0.384. The van der Waals surface area contributed by atoms with E-state index in [-0.39, 0.29) is 12.2 Å². The molecule has 2 aromatic rings. The first-order chi connectivity index (χ1) is 11.4. The summed E-state index contributed by atoms with van der Waals surface area (Å²) in [6.07, 6.45) is -0.816. The number of rotatable bonds is 5. The lowest BCUT2D eigenvalue weighted by Crippen LogP contribution is -2.32. The fraction of sp³-hybridized carbons (Fsp3) is 0.235. The number of nitrogens with one attached hydrogen (secondary N) is 2. The van der Waals surface area contributed by atoms with Crippen molar-refractivity contribution in [2.45, 2.75) is 20.0 Å². The van der Waals surface area contributed by atoms with Gasteiger partial charge in [-0.25, -0.2) is 0 Å². The van der Waals surface area contributed by atoms with E-state index in [0.717, 1.165) is 16.8 Å². The standard InChI is InChI=1S/C17H19N3O3S/c1-11-4-3-5-15(12(11)2)19-17(24)18-10-16(21)13-6-8-14(9-7-13)20(22)23/h3-9,16,21H,10H2,1-2H3,(H2,18,19,24)/t16-/m1/s1. The number of hydrogen-bond acceptors (Lipinski definition) is 4. The van der Waals surface area contributed by atoms with Crippen LogP contribution in [0.4, 0.5) is 11.4 Å². The topological polar surface area (TPSA) is 87.4 Å². The van der Waals surface area contributed by atoms with Gasteiger partial charge in [-0.2, -0.15) is 0 Å². The summed E-state index contributed by atoms with van der Waals surface area (Å²) in [5.41, 5.74) is 3.76. The van der Waals surface area contributed by atoms with E-state index in [0.29, 0.717) is 10.7 Å². The normalized spacial score (nSPS) is 11.6. The number of nitro groups is 1. The van der Waals surface area contributed by atoms with Crippen LogP contribution >= 0.6 is 12.2 Å². The highest BCUT2D eigenvalue weighted by Crippen LogP contribution is 2.19. The lowest BCUT2D eigenvalue weighted by atomic mass is 10.1. The summed E-state index contributed by atoms with van der Waals surface area (Å²) in [6, 6.07) is 11.7. The van der Waals surface area contributed by atoms with Crippen LogP contribution in [0.5, 0.6) is 0 Å². The van der Waals surface area contributed by atoms with E-state index in [1.54, 1.807) is 0 Å². The molecule has 0 saturated heterocycles. The molecule has 1 atom stereocenters. The Balaban J connectivity index is 1.91. The predicted octanol–water partition coefficient (Wildman–Crippen LogP) is 3.23. The monoisotopic (exact) mass is 345 g/mol. The van der Waals surface area contributed by atoms with Gasteiger partial charge in [-0.05, 0) is 61.0 Å². The maximum atomic E-state index is 10.6. The Morgan fingerprint density at radius 1 is 1.25 bits per heavy atom. The summed E-state index contributed by atoms with van der Waals surface area (Å²) in [4.78, 5) is 10.2. The van der Waals surface area contributed by atoms with Crippen LogP contribution in [0.15, 0.2) is 42.5 Å². The summed E-state index contributed by atoms with van der Waals surface area (Å²) in [7, 11) is 0. The van der Waals surface area contributed by atoms with E-state index in [4.69, 9.17) is 12.2 Å². The Hall–Kier alpha value is -2.51. The minimum Gasteiger partial charge on any atom is -0.387 e. The third kappa shape index (κ3) is 4.50. The third-order valence-electron chi connectivity index (χ3n) is 3.80. The van der Waals surface area contributed by atoms with Crippen molar-refractivity contribution in [2.24, 2.45) is 0 Å². The molecule has 2 rings (SSSR count). The molecule has 126 valence electrons. The Labute approximate surface area is 145 Å². The van der Waals surface area contributed by atoms with E-state index >= 15 is 0 Å². The molecule has 0 unspecified atom stereocenters. The first kappa shape index (κ1) is 17.8. The minimum atomic E-state index is -0.816. The zero-order valence-electron chi connectivity index (χ0n) is 13.4. The van der Waals surface area contributed by atoms with Gasteiger partial charge >= 0.3 is 0 Å². The van der Waals surface area contributed by atoms with Crippen LogP contribution in [0.1, 0.15) is 22.8 Å². The highest BCUT2D eigenvalue weighted by molar-refractivity contribution is 7.80. The fourth-order valence-corrected chi connectivity index (χ4v) is 2.37. The van der Waals surface area contributed by atoms with Crippen molar-refractivity contribution in [1.82, 2.24) is 5.32 Å². The predicted molar refractivity (Wildman–Crippen MR) is 98.2 cm³/mol. The zero-order valence-corrected chi connectivity index (χ0v) is 14.3. The Bertz CT molecular complexity index is 747. The van der Waals surface area contributed by atoms with E-state index in [1.807, 2.05) is 32.0 Å². The SMILES string of the molecule is Cc1cccc(NC(=S)NC[C@@H](O)c2ccc([N+](=O)[O-])cc2)c1C. The number of nitro benzene ring substituents is 1. The minimum absolute atomic E-state index is 0.00832. The quantitative estimate of drug-likeness (QED) is 0.438. The van der Waals surface area contributed by atoms with Crippen molar-refractivity contribution in [1.29, 1.82) is 0 Å². The molecule has 0 fully saturated rings. The van der Waals surface area contributed by atoms with Gasteiger partial charge in [0.25, 0.3) is 5.69 Å². The molecular formula is C17H19N3O3S. The average molecular weight is 345 g/mol. The van der Waals surface area contributed by atoms with Crippen LogP contribution in [0.25, 0.3) is 0 Å². The van der Waals surface area contributed by atoms with Gasteiger partial charge in [0.05, 0.1) is 11.0 Å². The molecule has 0 spiro atoms. The van der Waals surface area contributed by atoms with E-state index in [9.17, 15) is 15.2 Å². The Morgan fingerprint density at radius 3 is 2.54 bits per heavy atom. The first-order valence-corrected chi connectivity index (χ1v) is 7.83. The molecule has 24 heavy (non-hydrogen) atoms. The molecule has 0 aliphatic carbocycles. The number of anilines is 1. The van der Waals surface area contributed by atoms with Gasteiger partial charge < -0.3 is 15.7 Å². The number of thiocarbonyl (C=S) groups is 1. The molecule has 0 aliphatic rings. The van der Waals surface area contributed by atoms with Crippen LogP contribution in [-0.2, 0) is 0 Å². The van der Waals surface area contributed by atoms with Gasteiger partial charge in [0, 0.05) is 24.4 Å².